The molecular formula is C16H22N2O4S. The largest absolute Gasteiger partial charge is 0.377 e. The van der Waals surface area contributed by atoms with Crippen LogP contribution in [0.4, 0.5) is 5.69 Å². The number of hydrogen-bond acceptors (Lipinski definition) is 5. The molecule has 2 amide bonds. The summed E-state index contributed by atoms with van der Waals surface area (Å²) in [6, 6.07) is 7.44. The van der Waals surface area contributed by atoms with Crippen LogP contribution in [0, 0.1) is 0 Å². The number of methoxy groups -OCH3 is 1. The van der Waals surface area contributed by atoms with Gasteiger partial charge in [-0.05, 0) is 18.4 Å². The molecule has 0 unspecified atom stereocenters. The van der Waals surface area contributed by atoms with E-state index in [0.717, 1.165) is 10.6 Å². The number of rotatable bonds is 7. The Kier molecular flexibility index (Phi) is 6.88. The van der Waals surface area contributed by atoms with Gasteiger partial charge in [0.05, 0.1) is 24.9 Å². The van der Waals surface area contributed by atoms with E-state index in [9.17, 15) is 9.59 Å². The second kappa shape index (κ2) is 8.90. The number of amides is 2. The van der Waals surface area contributed by atoms with Gasteiger partial charge in [-0.1, -0.05) is 12.1 Å². The predicted molar refractivity (Wildman–Crippen MR) is 89.6 cm³/mol. The molecule has 23 heavy (non-hydrogen) atoms. The Morgan fingerprint density at radius 3 is 2.74 bits per heavy atom. The Bertz CT molecular complexity index is 553. The van der Waals surface area contributed by atoms with Gasteiger partial charge < -0.3 is 20.1 Å². The van der Waals surface area contributed by atoms with Crippen molar-refractivity contribution in [1.82, 2.24) is 5.32 Å². The summed E-state index contributed by atoms with van der Waals surface area (Å²) in [6.07, 6.45) is 2.11. The van der Waals surface area contributed by atoms with Crippen LogP contribution >= 0.6 is 11.8 Å². The molecular weight excluding hydrogens is 316 g/mol. The van der Waals surface area contributed by atoms with Gasteiger partial charge in [-0.15, -0.1) is 11.8 Å². The Balaban J connectivity index is 1.76. The zero-order valence-corrected chi connectivity index (χ0v) is 14.2. The summed E-state index contributed by atoms with van der Waals surface area (Å²) in [5, 5.41) is 5.69. The van der Waals surface area contributed by atoms with Gasteiger partial charge >= 0.3 is 0 Å². The summed E-state index contributed by atoms with van der Waals surface area (Å²) < 4.78 is 10.5. The summed E-state index contributed by atoms with van der Waals surface area (Å²) in [5.74, 6) is -0.344. The van der Waals surface area contributed by atoms with Gasteiger partial charge in [0.25, 0.3) is 0 Å². The molecule has 0 radical (unpaired) electrons. The number of nitrogens with one attached hydrogen (secondary N) is 2. The van der Waals surface area contributed by atoms with Crippen LogP contribution in [0.25, 0.3) is 0 Å². The normalized spacial score (nSPS) is 20.3. The van der Waals surface area contributed by atoms with Gasteiger partial charge in [0.15, 0.2) is 0 Å². The summed E-state index contributed by atoms with van der Waals surface area (Å²) in [5.41, 5.74) is 0.772. The molecule has 0 saturated carbocycles. The average Bonchev–Trinajstić information content (AvgIpc) is 3.00. The van der Waals surface area contributed by atoms with Crippen LogP contribution < -0.4 is 10.6 Å². The van der Waals surface area contributed by atoms with Crippen LogP contribution in [-0.2, 0) is 19.1 Å². The van der Waals surface area contributed by atoms with E-state index in [1.165, 1.54) is 0 Å². The van der Waals surface area contributed by atoms with E-state index in [1.54, 1.807) is 18.9 Å². The van der Waals surface area contributed by atoms with Crippen molar-refractivity contribution in [2.45, 2.75) is 29.9 Å². The van der Waals surface area contributed by atoms with Crippen molar-refractivity contribution in [3.05, 3.63) is 24.3 Å². The molecule has 1 heterocycles. The fourth-order valence-electron chi connectivity index (χ4n) is 2.37. The molecule has 0 aliphatic carbocycles. The zero-order valence-electron chi connectivity index (χ0n) is 13.3. The summed E-state index contributed by atoms with van der Waals surface area (Å²) in [7, 11) is 1.59. The Morgan fingerprint density at radius 2 is 2.00 bits per heavy atom. The summed E-state index contributed by atoms with van der Waals surface area (Å²) >= 11 is 1.56. The first-order valence-corrected chi connectivity index (χ1v) is 8.69. The third-order valence-electron chi connectivity index (χ3n) is 3.64. The van der Waals surface area contributed by atoms with Crippen LogP contribution in [0.2, 0.25) is 0 Å². The molecule has 0 spiro atoms. The minimum Gasteiger partial charge on any atom is -0.377 e. The van der Waals surface area contributed by atoms with E-state index in [4.69, 9.17) is 9.47 Å². The first-order valence-electron chi connectivity index (χ1n) is 7.46. The third-order valence-corrected chi connectivity index (χ3v) is 4.43. The van der Waals surface area contributed by atoms with Crippen molar-refractivity contribution < 1.29 is 19.1 Å². The van der Waals surface area contributed by atoms with Crippen molar-refractivity contribution >= 4 is 29.3 Å². The molecule has 1 aromatic carbocycles. The Morgan fingerprint density at radius 1 is 1.26 bits per heavy atom. The number of carbonyl (C=O) groups excluding carboxylic acids is 2. The van der Waals surface area contributed by atoms with Crippen molar-refractivity contribution in [3.8, 4) is 0 Å². The quantitative estimate of drug-likeness (QED) is 0.740. The smallest absolute Gasteiger partial charge is 0.224 e. The number of ether oxygens (including phenoxy) is 2. The lowest BCUT2D eigenvalue weighted by Crippen LogP contribution is -2.43. The monoisotopic (exact) mass is 338 g/mol. The Labute approximate surface area is 140 Å². The highest BCUT2D eigenvalue weighted by molar-refractivity contribution is 7.98. The standard InChI is InChI=1S/C16H22N2O4S/c1-21-13-10-22-9-12(13)18-16(20)8-7-15(19)17-11-5-3-4-6-14(11)23-2/h3-6,12-13H,7-10H2,1-2H3,(H,17,19)(H,18,20)/t12-,13-/m1/s1. The van der Waals surface area contributed by atoms with Crippen molar-refractivity contribution in [3.63, 3.8) is 0 Å². The SMILES string of the molecule is CO[C@@H]1COC[C@H]1NC(=O)CCC(=O)Nc1ccccc1SC. The van der Waals surface area contributed by atoms with Gasteiger partial charge in [0.1, 0.15) is 6.10 Å². The molecule has 1 fully saturated rings. The van der Waals surface area contributed by atoms with E-state index in [2.05, 4.69) is 10.6 Å². The van der Waals surface area contributed by atoms with Gasteiger partial charge in [-0.3, -0.25) is 9.59 Å². The molecule has 0 aromatic heterocycles. The van der Waals surface area contributed by atoms with Crippen molar-refractivity contribution in [2.24, 2.45) is 0 Å². The average molecular weight is 338 g/mol. The van der Waals surface area contributed by atoms with Gasteiger partial charge in [0, 0.05) is 24.8 Å². The maximum absolute atomic E-state index is 12.0. The number of hydrogen-bond donors (Lipinski definition) is 2. The highest BCUT2D eigenvalue weighted by Gasteiger charge is 2.29. The van der Waals surface area contributed by atoms with Crippen LogP contribution in [0.5, 0.6) is 0 Å². The third kappa shape index (κ3) is 5.23. The van der Waals surface area contributed by atoms with Gasteiger partial charge in [-0.2, -0.15) is 0 Å². The maximum atomic E-state index is 12.0. The van der Waals surface area contributed by atoms with Crippen LogP contribution in [0.15, 0.2) is 29.2 Å². The molecule has 1 saturated heterocycles. The molecule has 2 N–H and O–H groups in total. The molecule has 2 atom stereocenters. The lowest BCUT2D eigenvalue weighted by Gasteiger charge is -2.17. The first kappa shape index (κ1) is 17.8. The highest BCUT2D eigenvalue weighted by Crippen LogP contribution is 2.24. The number of para-hydroxylation sites is 1. The first-order chi connectivity index (χ1) is 11.1. The molecule has 1 aliphatic heterocycles. The van der Waals surface area contributed by atoms with Crippen molar-refractivity contribution in [2.75, 3.05) is 31.9 Å². The molecule has 1 aliphatic rings. The minimum absolute atomic E-state index is 0.124. The number of carbonyl (C=O) groups is 2. The fourth-order valence-corrected chi connectivity index (χ4v) is 2.92. The molecule has 1 aromatic rings. The molecule has 7 heteroatoms. The molecule has 6 nitrogen and oxygen atoms in total. The molecule has 126 valence electrons. The van der Waals surface area contributed by atoms with E-state index in [-0.39, 0.29) is 36.8 Å². The zero-order chi connectivity index (χ0) is 16.7. The highest BCUT2D eigenvalue weighted by atomic mass is 32.2. The lowest BCUT2D eigenvalue weighted by molar-refractivity contribution is -0.125. The minimum atomic E-state index is -0.174. The predicted octanol–water partition coefficient (Wildman–Crippen LogP) is 1.66. The Hall–Kier alpha value is -1.57. The number of benzene rings is 1. The van der Waals surface area contributed by atoms with Crippen LogP contribution in [-0.4, -0.2) is 50.5 Å². The van der Waals surface area contributed by atoms with E-state index in [0.29, 0.717) is 13.2 Å². The number of anilines is 1. The second-order valence-corrected chi connectivity index (χ2v) is 6.08. The molecule has 0 bridgehead atoms. The second-order valence-electron chi connectivity index (χ2n) is 5.23. The van der Waals surface area contributed by atoms with Crippen molar-refractivity contribution in [1.29, 1.82) is 0 Å². The van der Waals surface area contributed by atoms with E-state index >= 15 is 0 Å². The van der Waals surface area contributed by atoms with Crippen LogP contribution in [0.3, 0.4) is 0 Å². The number of thioether (sulfide) groups is 1. The lowest BCUT2D eigenvalue weighted by atomic mass is 10.2. The van der Waals surface area contributed by atoms with Gasteiger partial charge in [-0.25, -0.2) is 0 Å². The molecule has 2 rings (SSSR count). The van der Waals surface area contributed by atoms with E-state index < -0.39 is 0 Å². The van der Waals surface area contributed by atoms with Crippen LogP contribution in [0.1, 0.15) is 12.8 Å². The maximum Gasteiger partial charge on any atom is 0.224 e. The van der Waals surface area contributed by atoms with E-state index in [1.807, 2.05) is 30.5 Å². The van der Waals surface area contributed by atoms with Gasteiger partial charge in [0.2, 0.25) is 11.8 Å². The summed E-state index contributed by atoms with van der Waals surface area (Å²) in [4.78, 5) is 24.9. The topological polar surface area (TPSA) is 76.7 Å². The summed E-state index contributed by atoms with van der Waals surface area (Å²) in [6.45, 7) is 0.922. The fraction of sp³-hybridized carbons (Fsp3) is 0.500.